The second-order valence-corrected chi connectivity index (χ2v) is 12.3. The second kappa shape index (κ2) is 11.3. The summed E-state index contributed by atoms with van der Waals surface area (Å²) in [5.74, 6) is 0.922. The van der Waals surface area contributed by atoms with Crippen molar-refractivity contribution in [3.8, 4) is 22.5 Å². The van der Waals surface area contributed by atoms with Gasteiger partial charge >= 0.3 is 11.8 Å². The summed E-state index contributed by atoms with van der Waals surface area (Å²) in [5.41, 5.74) is 5.07. The number of hydrogen-bond donors (Lipinski definition) is 3. The number of nitrogens with zero attached hydrogens (tertiary/aromatic N) is 6. The number of H-pyrrole nitrogens is 1. The maximum atomic E-state index is 13.1. The summed E-state index contributed by atoms with van der Waals surface area (Å²) in [4.78, 5) is 40.5. The maximum Gasteiger partial charge on any atom is 0.315 e. The van der Waals surface area contributed by atoms with E-state index in [2.05, 4.69) is 35.8 Å². The summed E-state index contributed by atoms with van der Waals surface area (Å²) in [7, 11) is 1.65. The van der Waals surface area contributed by atoms with Gasteiger partial charge in [-0.15, -0.1) is 0 Å². The second-order valence-electron chi connectivity index (χ2n) is 12.3. The van der Waals surface area contributed by atoms with Crippen molar-refractivity contribution in [2.45, 2.75) is 46.1 Å². The van der Waals surface area contributed by atoms with Crippen LogP contribution in [0.25, 0.3) is 33.4 Å². The lowest BCUT2D eigenvalue weighted by atomic mass is 9.96. The molecule has 6 rings (SSSR count). The topological polar surface area (TPSA) is 147 Å². The Labute approximate surface area is 254 Å². The minimum atomic E-state index is -0.430. The Kier molecular flexibility index (Phi) is 7.54. The van der Waals surface area contributed by atoms with Crippen LogP contribution in [0, 0.1) is 6.92 Å². The predicted molar refractivity (Wildman–Crippen MR) is 169 cm³/mol. The lowest BCUT2D eigenvalue weighted by Crippen LogP contribution is -2.43. The van der Waals surface area contributed by atoms with E-state index in [1.165, 1.54) is 4.68 Å². The normalized spacial score (nSPS) is 14.6. The van der Waals surface area contributed by atoms with Crippen molar-refractivity contribution in [3.63, 3.8) is 0 Å². The van der Waals surface area contributed by atoms with E-state index in [9.17, 15) is 9.59 Å². The van der Waals surface area contributed by atoms with E-state index in [4.69, 9.17) is 9.51 Å². The molecule has 0 bridgehead atoms. The molecule has 12 nitrogen and oxygen atoms in total. The molecule has 5 heterocycles. The number of nitrogens with one attached hydrogen (secondary N) is 3. The molecule has 0 spiro atoms. The molecule has 5 aromatic rings. The maximum absolute atomic E-state index is 13.1. The number of rotatable bonds is 6. The Morgan fingerprint density at radius 1 is 1.09 bits per heavy atom. The van der Waals surface area contributed by atoms with Crippen LogP contribution in [-0.2, 0) is 12.5 Å². The Hall–Kier alpha value is -4.84. The van der Waals surface area contributed by atoms with Gasteiger partial charge in [0.25, 0.3) is 5.56 Å². The molecule has 1 aromatic carbocycles. The zero-order chi connectivity index (χ0) is 31.2. The Morgan fingerprint density at radius 2 is 1.84 bits per heavy atom. The molecule has 1 amide bonds. The highest BCUT2D eigenvalue weighted by Crippen LogP contribution is 2.32. The highest BCUT2D eigenvalue weighted by atomic mass is 16.5. The van der Waals surface area contributed by atoms with Crippen LogP contribution in [0.1, 0.15) is 61.4 Å². The Bertz CT molecular complexity index is 1890. The third-order valence-electron chi connectivity index (χ3n) is 7.98. The molecule has 0 saturated carbocycles. The number of amides is 1. The fraction of sp³-hybridized carbons (Fsp3) is 0.375. The number of carbonyl (C=O) groups is 1. The SMILES string of the molecule is Cc1cc(-c2nn(C)c(=O)c3[nH]c(-c4ccc(N5CCNCC5)nc4)cc23)ccc1[C@@H](C)NC(=O)c1nc(C(C)(C)C)no1. The van der Waals surface area contributed by atoms with E-state index >= 15 is 0 Å². The molecule has 44 heavy (non-hydrogen) atoms. The minimum Gasteiger partial charge on any atom is -0.354 e. The van der Waals surface area contributed by atoms with Gasteiger partial charge in [-0.2, -0.15) is 10.1 Å². The predicted octanol–water partition coefficient (Wildman–Crippen LogP) is 3.88. The lowest BCUT2D eigenvalue weighted by molar-refractivity contribution is 0.0895. The van der Waals surface area contributed by atoms with Crippen LogP contribution in [-0.4, -0.2) is 62.0 Å². The standard InChI is InChI=1S/C32H37N9O3/c1-18-15-20(7-9-22(18)19(2)35-28(42)29-37-31(39-44-29)32(3,4)5)26-23-16-24(36-27(23)30(43)40(6)38-26)21-8-10-25(34-17-21)41-13-11-33-12-14-41/h7-10,15-17,19,33,36H,11-14H2,1-6H3,(H,35,42)/t19-/m1/s1. The van der Waals surface area contributed by atoms with Gasteiger partial charge in [-0.05, 0) is 49.2 Å². The number of anilines is 1. The van der Waals surface area contributed by atoms with Crippen molar-refractivity contribution in [1.82, 2.24) is 40.5 Å². The summed E-state index contributed by atoms with van der Waals surface area (Å²) >= 11 is 0. The van der Waals surface area contributed by atoms with E-state index in [1.54, 1.807) is 7.05 Å². The highest BCUT2D eigenvalue weighted by molar-refractivity contribution is 5.96. The molecule has 12 heteroatoms. The van der Waals surface area contributed by atoms with Gasteiger partial charge in [0, 0.05) is 67.0 Å². The molecule has 0 unspecified atom stereocenters. The van der Waals surface area contributed by atoms with Crippen LogP contribution in [0.5, 0.6) is 0 Å². The van der Waals surface area contributed by atoms with E-state index in [0.29, 0.717) is 17.0 Å². The fourth-order valence-corrected chi connectivity index (χ4v) is 5.48. The number of piperazine rings is 1. The van der Waals surface area contributed by atoms with E-state index in [1.807, 2.05) is 77.2 Å². The summed E-state index contributed by atoms with van der Waals surface area (Å²) in [6.45, 7) is 13.5. The van der Waals surface area contributed by atoms with Crippen LogP contribution < -0.4 is 21.1 Å². The molecular weight excluding hydrogens is 558 g/mol. The summed E-state index contributed by atoms with van der Waals surface area (Å²) in [6.07, 6.45) is 1.84. The molecule has 1 atom stereocenters. The van der Waals surface area contributed by atoms with Crippen LogP contribution in [0.2, 0.25) is 0 Å². The number of carbonyl (C=O) groups excluding carboxylic acids is 1. The molecule has 1 saturated heterocycles. The average molecular weight is 596 g/mol. The van der Waals surface area contributed by atoms with Gasteiger partial charge in [-0.1, -0.05) is 38.1 Å². The van der Waals surface area contributed by atoms with E-state index in [-0.39, 0.29) is 22.9 Å². The van der Waals surface area contributed by atoms with Crippen molar-refractivity contribution in [1.29, 1.82) is 0 Å². The first-order valence-corrected chi connectivity index (χ1v) is 14.8. The summed E-state index contributed by atoms with van der Waals surface area (Å²) in [6, 6.07) is 11.6. The Balaban J connectivity index is 1.27. The molecule has 1 aliphatic rings. The van der Waals surface area contributed by atoms with Crippen LogP contribution in [0.3, 0.4) is 0 Å². The van der Waals surface area contributed by atoms with Gasteiger partial charge in [-0.3, -0.25) is 9.59 Å². The molecule has 4 aromatic heterocycles. The van der Waals surface area contributed by atoms with Crippen molar-refractivity contribution < 1.29 is 9.32 Å². The van der Waals surface area contributed by atoms with Gasteiger partial charge in [0.15, 0.2) is 5.82 Å². The van der Waals surface area contributed by atoms with Gasteiger partial charge in [0.2, 0.25) is 0 Å². The highest BCUT2D eigenvalue weighted by Gasteiger charge is 2.25. The number of pyridine rings is 1. The molecule has 1 fully saturated rings. The first-order valence-electron chi connectivity index (χ1n) is 14.8. The first kappa shape index (κ1) is 29.2. The number of hydrogen-bond acceptors (Lipinski definition) is 9. The Morgan fingerprint density at radius 3 is 2.50 bits per heavy atom. The van der Waals surface area contributed by atoms with Crippen molar-refractivity contribution in [2.75, 3.05) is 31.1 Å². The zero-order valence-corrected chi connectivity index (χ0v) is 25.9. The fourth-order valence-electron chi connectivity index (χ4n) is 5.48. The number of aromatic nitrogens is 6. The van der Waals surface area contributed by atoms with Crippen LogP contribution >= 0.6 is 0 Å². The monoisotopic (exact) mass is 595 g/mol. The number of fused-ring (bicyclic) bond motifs is 1. The molecule has 0 aliphatic carbocycles. The van der Waals surface area contributed by atoms with Crippen LogP contribution in [0.4, 0.5) is 5.82 Å². The van der Waals surface area contributed by atoms with Crippen molar-refractivity contribution in [2.24, 2.45) is 7.05 Å². The van der Waals surface area contributed by atoms with Gasteiger partial charge in [0.05, 0.1) is 6.04 Å². The number of aromatic amines is 1. The molecule has 1 aliphatic heterocycles. The zero-order valence-electron chi connectivity index (χ0n) is 25.9. The van der Waals surface area contributed by atoms with Crippen molar-refractivity contribution >= 4 is 22.6 Å². The third kappa shape index (κ3) is 5.60. The van der Waals surface area contributed by atoms with E-state index < -0.39 is 5.91 Å². The molecule has 3 N–H and O–H groups in total. The molecular formula is C32H37N9O3. The number of benzene rings is 1. The van der Waals surface area contributed by atoms with Crippen LogP contribution in [0.15, 0.2) is 51.9 Å². The largest absolute Gasteiger partial charge is 0.354 e. The van der Waals surface area contributed by atoms with Gasteiger partial charge < -0.3 is 25.0 Å². The lowest BCUT2D eigenvalue weighted by Gasteiger charge is -2.28. The van der Waals surface area contributed by atoms with Gasteiger partial charge in [0.1, 0.15) is 17.0 Å². The van der Waals surface area contributed by atoms with Crippen molar-refractivity contribution in [3.05, 3.63) is 75.8 Å². The summed E-state index contributed by atoms with van der Waals surface area (Å²) < 4.78 is 6.56. The quantitative estimate of drug-likeness (QED) is 0.266. The minimum absolute atomic E-state index is 0.0651. The average Bonchev–Trinajstić information content (AvgIpc) is 3.69. The smallest absolute Gasteiger partial charge is 0.315 e. The summed E-state index contributed by atoms with van der Waals surface area (Å²) in [5, 5.41) is 15.6. The molecule has 0 radical (unpaired) electrons. The molecule has 228 valence electrons. The first-order chi connectivity index (χ1) is 21.0. The third-order valence-corrected chi connectivity index (χ3v) is 7.98. The van der Waals surface area contributed by atoms with Gasteiger partial charge in [-0.25, -0.2) is 9.67 Å². The number of aryl methyl sites for hydroxylation is 2. The van der Waals surface area contributed by atoms with E-state index in [0.717, 1.165) is 65.3 Å².